The molecule has 2 atom stereocenters. The average Bonchev–Trinajstić information content (AvgIpc) is 3.39. The Hall–Kier alpha value is -2.45. The van der Waals surface area contributed by atoms with Gasteiger partial charge in [-0.2, -0.15) is 0 Å². The maximum atomic E-state index is 14.2. The number of anilines is 2. The van der Waals surface area contributed by atoms with Crippen molar-refractivity contribution in [3.63, 3.8) is 0 Å². The first-order valence-electron chi connectivity index (χ1n) is 10.1. The molecule has 0 bridgehead atoms. The van der Waals surface area contributed by atoms with Crippen LogP contribution in [0.2, 0.25) is 10.0 Å². The molecule has 11 heteroatoms. The van der Waals surface area contributed by atoms with E-state index < -0.39 is 57.4 Å². The van der Waals surface area contributed by atoms with Crippen LogP contribution in [0, 0.1) is 23.4 Å². The Labute approximate surface area is 218 Å². The van der Waals surface area contributed by atoms with E-state index in [9.17, 15) is 22.8 Å². The standard InChI is InChI=1S/C24H15Cl4F3N2O2/c25-14-4-3-12(9-13(14)18(34)8-11-2-6-17(30)22(32)21(11)31)33-23(35)20-19(24(20,27)28)10-1-5-16(29)15(26)7-10/h1-7,9,19-20H,8,32H2,(H,33,35)/t19-,20+/m0/s1. The van der Waals surface area contributed by atoms with Crippen LogP contribution < -0.4 is 11.1 Å². The number of nitrogens with two attached hydrogens (primary N) is 1. The summed E-state index contributed by atoms with van der Waals surface area (Å²) < 4.78 is 39.7. The summed E-state index contributed by atoms with van der Waals surface area (Å²) in [7, 11) is 0. The summed E-state index contributed by atoms with van der Waals surface area (Å²) in [5, 5.41) is 2.57. The summed E-state index contributed by atoms with van der Waals surface area (Å²) in [6.07, 6.45) is -0.435. The van der Waals surface area contributed by atoms with E-state index >= 15 is 0 Å². The van der Waals surface area contributed by atoms with E-state index in [-0.39, 0.29) is 26.9 Å². The highest BCUT2D eigenvalue weighted by Gasteiger charge is 2.67. The third kappa shape index (κ3) is 4.96. The zero-order valence-corrected chi connectivity index (χ0v) is 20.5. The van der Waals surface area contributed by atoms with Crippen molar-refractivity contribution in [3.05, 3.63) is 92.7 Å². The molecular formula is C24H15Cl4F3N2O2. The third-order valence-corrected chi connectivity index (χ3v) is 7.29. The summed E-state index contributed by atoms with van der Waals surface area (Å²) in [4.78, 5) is 25.7. The molecule has 0 radical (unpaired) electrons. The molecule has 0 aromatic heterocycles. The van der Waals surface area contributed by atoms with Crippen molar-refractivity contribution in [1.29, 1.82) is 0 Å². The number of Topliss-reactive ketones (excluding diaryl/α,β-unsaturated/α-hetero) is 1. The summed E-state index contributed by atoms with van der Waals surface area (Å²) in [5.74, 6) is -5.21. The number of hydrogen-bond acceptors (Lipinski definition) is 3. The van der Waals surface area contributed by atoms with Gasteiger partial charge in [0, 0.05) is 23.6 Å². The van der Waals surface area contributed by atoms with Crippen molar-refractivity contribution < 1.29 is 22.8 Å². The number of alkyl halides is 2. The van der Waals surface area contributed by atoms with Gasteiger partial charge in [0.25, 0.3) is 0 Å². The largest absolute Gasteiger partial charge is 0.394 e. The SMILES string of the molecule is Nc1c(F)ccc(CC(=O)c2cc(NC(=O)[C@H]3[C@H](c4ccc(F)c(Cl)c4)C3(Cl)Cl)ccc2Cl)c1F. The molecular weight excluding hydrogens is 547 g/mol. The molecule has 1 amide bonds. The van der Waals surface area contributed by atoms with E-state index in [4.69, 9.17) is 52.1 Å². The highest BCUT2D eigenvalue weighted by Crippen LogP contribution is 2.65. The van der Waals surface area contributed by atoms with Crippen LogP contribution in [0.3, 0.4) is 0 Å². The highest BCUT2D eigenvalue weighted by molar-refractivity contribution is 6.53. The van der Waals surface area contributed by atoms with Crippen LogP contribution in [-0.2, 0) is 11.2 Å². The molecule has 35 heavy (non-hydrogen) atoms. The minimum atomic E-state index is -1.45. The Morgan fingerprint density at radius 3 is 2.31 bits per heavy atom. The lowest BCUT2D eigenvalue weighted by Crippen LogP contribution is -2.17. The topological polar surface area (TPSA) is 72.2 Å². The van der Waals surface area contributed by atoms with E-state index in [1.165, 1.54) is 30.3 Å². The molecule has 3 N–H and O–H groups in total. The van der Waals surface area contributed by atoms with Crippen molar-refractivity contribution in [1.82, 2.24) is 0 Å². The van der Waals surface area contributed by atoms with Gasteiger partial charge >= 0.3 is 0 Å². The predicted octanol–water partition coefficient (Wildman–Crippen LogP) is 6.94. The quantitative estimate of drug-likeness (QED) is 0.194. The molecule has 0 heterocycles. The Balaban J connectivity index is 1.52. The second-order valence-corrected chi connectivity index (χ2v) is 10.3. The fourth-order valence-corrected chi connectivity index (χ4v) is 5.07. The van der Waals surface area contributed by atoms with Gasteiger partial charge in [0.15, 0.2) is 11.6 Å². The summed E-state index contributed by atoms with van der Waals surface area (Å²) in [6.45, 7) is 0. The van der Waals surface area contributed by atoms with E-state index in [1.807, 2.05) is 0 Å². The maximum absolute atomic E-state index is 14.2. The van der Waals surface area contributed by atoms with Crippen molar-refractivity contribution in [2.24, 2.45) is 5.92 Å². The van der Waals surface area contributed by atoms with Crippen molar-refractivity contribution in [2.75, 3.05) is 11.1 Å². The lowest BCUT2D eigenvalue weighted by Gasteiger charge is -2.10. The maximum Gasteiger partial charge on any atom is 0.231 e. The van der Waals surface area contributed by atoms with Gasteiger partial charge < -0.3 is 11.1 Å². The normalized spacial score (nSPS) is 18.3. The Bertz CT molecular complexity index is 1370. The monoisotopic (exact) mass is 560 g/mol. The number of hydrogen-bond donors (Lipinski definition) is 2. The van der Waals surface area contributed by atoms with E-state index in [1.54, 1.807) is 0 Å². The zero-order chi connectivity index (χ0) is 25.7. The number of nitrogen functional groups attached to an aromatic ring is 1. The third-order valence-electron chi connectivity index (χ3n) is 5.73. The molecule has 3 aromatic rings. The van der Waals surface area contributed by atoms with Gasteiger partial charge in [-0.1, -0.05) is 35.3 Å². The number of ketones is 1. The van der Waals surface area contributed by atoms with Gasteiger partial charge in [-0.25, -0.2) is 13.2 Å². The number of rotatable bonds is 6. The van der Waals surface area contributed by atoms with Gasteiger partial charge in [0.05, 0.1) is 16.0 Å². The number of nitrogens with one attached hydrogen (secondary N) is 1. The van der Waals surface area contributed by atoms with Crippen LogP contribution in [0.5, 0.6) is 0 Å². The summed E-state index contributed by atoms with van der Waals surface area (Å²) in [6, 6.07) is 10.2. The molecule has 1 aliphatic rings. The Morgan fingerprint density at radius 2 is 1.63 bits per heavy atom. The fourth-order valence-electron chi connectivity index (χ4n) is 3.83. The molecule has 182 valence electrons. The smallest absolute Gasteiger partial charge is 0.231 e. The van der Waals surface area contributed by atoms with Crippen LogP contribution in [0.4, 0.5) is 24.5 Å². The number of halogens is 7. The molecule has 1 aliphatic carbocycles. The minimum Gasteiger partial charge on any atom is -0.394 e. The number of amides is 1. The lowest BCUT2D eigenvalue weighted by molar-refractivity contribution is -0.117. The van der Waals surface area contributed by atoms with Crippen LogP contribution in [0.1, 0.15) is 27.4 Å². The molecule has 0 unspecified atom stereocenters. The zero-order valence-electron chi connectivity index (χ0n) is 17.5. The van der Waals surface area contributed by atoms with Crippen molar-refractivity contribution in [2.45, 2.75) is 16.7 Å². The van der Waals surface area contributed by atoms with E-state index in [2.05, 4.69) is 5.32 Å². The molecule has 0 saturated heterocycles. The van der Waals surface area contributed by atoms with Crippen LogP contribution >= 0.6 is 46.4 Å². The number of carbonyl (C=O) groups excluding carboxylic acids is 2. The minimum absolute atomic E-state index is 0.00689. The van der Waals surface area contributed by atoms with Crippen LogP contribution in [0.15, 0.2) is 48.5 Å². The molecule has 4 rings (SSSR count). The second kappa shape index (κ2) is 9.54. The van der Waals surface area contributed by atoms with Gasteiger partial charge in [0.1, 0.15) is 21.7 Å². The van der Waals surface area contributed by atoms with Gasteiger partial charge in [-0.15, -0.1) is 23.2 Å². The first-order chi connectivity index (χ1) is 16.4. The predicted molar refractivity (Wildman–Crippen MR) is 131 cm³/mol. The first kappa shape index (κ1) is 25.6. The van der Waals surface area contributed by atoms with Gasteiger partial charge in [-0.3, -0.25) is 9.59 Å². The van der Waals surface area contributed by atoms with Crippen LogP contribution in [-0.4, -0.2) is 16.0 Å². The number of carbonyl (C=O) groups is 2. The van der Waals surface area contributed by atoms with Crippen molar-refractivity contribution >= 4 is 69.5 Å². The highest BCUT2D eigenvalue weighted by atomic mass is 35.5. The van der Waals surface area contributed by atoms with E-state index in [0.717, 1.165) is 18.2 Å². The van der Waals surface area contributed by atoms with Crippen LogP contribution in [0.25, 0.3) is 0 Å². The van der Waals surface area contributed by atoms with Crippen molar-refractivity contribution in [3.8, 4) is 0 Å². The van der Waals surface area contributed by atoms with E-state index in [0.29, 0.717) is 5.56 Å². The first-order valence-corrected chi connectivity index (χ1v) is 11.6. The van der Waals surface area contributed by atoms with Gasteiger partial charge in [0.2, 0.25) is 5.91 Å². The molecule has 1 saturated carbocycles. The Kier molecular flexibility index (Phi) is 6.99. The van der Waals surface area contributed by atoms with Gasteiger partial charge in [-0.05, 0) is 47.5 Å². The molecule has 0 spiro atoms. The summed E-state index contributed by atoms with van der Waals surface area (Å²) >= 11 is 24.6. The number of benzene rings is 3. The molecule has 0 aliphatic heterocycles. The average molecular weight is 562 g/mol. The molecule has 1 fully saturated rings. The molecule has 3 aromatic carbocycles. The lowest BCUT2D eigenvalue weighted by atomic mass is 10.0. The Morgan fingerprint density at radius 1 is 0.943 bits per heavy atom. The summed E-state index contributed by atoms with van der Waals surface area (Å²) in [5.41, 5.74) is 5.28. The molecule has 4 nitrogen and oxygen atoms in total. The second-order valence-electron chi connectivity index (χ2n) is 8.02. The fraction of sp³-hybridized carbons (Fsp3) is 0.167.